The molecule has 0 aliphatic carbocycles. The van der Waals surface area contributed by atoms with Crippen LogP contribution in [0.1, 0.15) is 104 Å². The van der Waals surface area contributed by atoms with Crippen LogP contribution in [0.2, 0.25) is 0 Å². The van der Waals surface area contributed by atoms with Crippen LogP contribution in [0.15, 0.2) is 0 Å². The molecule has 21 heavy (non-hydrogen) atoms. The Morgan fingerprint density at radius 1 is 0.524 bits per heavy atom. The second-order valence-electron chi connectivity index (χ2n) is 6.49. The highest BCUT2D eigenvalue weighted by atomic mass is 79.9. The summed E-state index contributed by atoms with van der Waals surface area (Å²) in [4.78, 5) is 2.42. The third-order valence-corrected chi connectivity index (χ3v) is 4.43. The van der Waals surface area contributed by atoms with Crippen molar-refractivity contribution in [2.45, 2.75) is 104 Å². The van der Waals surface area contributed by atoms with Crippen LogP contribution in [0, 0.1) is 0 Å². The van der Waals surface area contributed by atoms with E-state index in [1.807, 2.05) is 0 Å². The summed E-state index contributed by atoms with van der Waals surface area (Å²) in [6.45, 7) is 7.01. The minimum atomic E-state index is 0. The average Bonchev–Trinajstić information content (AvgIpc) is 2.47. The van der Waals surface area contributed by atoms with Crippen LogP contribution >= 0.6 is 17.0 Å². The van der Waals surface area contributed by atoms with Crippen LogP contribution in [-0.4, -0.2) is 25.0 Å². The fourth-order valence-electron chi connectivity index (χ4n) is 2.73. The molecule has 0 aromatic rings. The van der Waals surface area contributed by atoms with Crippen LogP contribution in [-0.2, 0) is 0 Å². The van der Waals surface area contributed by atoms with Crippen molar-refractivity contribution in [1.82, 2.24) is 4.90 Å². The number of halogens is 1. The van der Waals surface area contributed by atoms with Gasteiger partial charge in [0.1, 0.15) is 0 Å². The quantitative estimate of drug-likeness (QED) is 0.267. The summed E-state index contributed by atoms with van der Waals surface area (Å²) < 4.78 is 0. The minimum Gasteiger partial charge on any atom is -0.307 e. The van der Waals surface area contributed by atoms with E-state index in [9.17, 15) is 0 Å². The Balaban J connectivity index is 0. The highest BCUT2D eigenvalue weighted by Crippen LogP contribution is 2.12. The van der Waals surface area contributed by atoms with Gasteiger partial charge in [-0.3, -0.25) is 0 Å². The van der Waals surface area contributed by atoms with Gasteiger partial charge < -0.3 is 4.90 Å². The SMILES string of the molecule is Br.CCCCCCCCCCCCCCCCN(C)CC. The molecule has 2 heteroatoms. The first-order valence-electron chi connectivity index (χ1n) is 9.49. The summed E-state index contributed by atoms with van der Waals surface area (Å²) in [6, 6.07) is 0. The van der Waals surface area contributed by atoms with Crippen LogP contribution in [0.3, 0.4) is 0 Å². The second kappa shape index (κ2) is 20.4. The molecule has 1 nitrogen and oxygen atoms in total. The monoisotopic (exact) mass is 363 g/mol. The van der Waals surface area contributed by atoms with Crippen LogP contribution < -0.4 is 0 Å². The van der Waals surface area contributed by atoms with Gasteiger partial charge in [0.2, 0.25) is 0 Å². The van der Waals surface area contributed by atoms with Gasteiger partial charge >= 0.3 is 0 Å². The van der Waals surface area contributed by atoms with Crippen molar-refractivity contribution in [3.63, 3.8) is 0 Å². The van der Waals surface area contributed by atoms with Crippen molar-refractivity contribution < 1.29 is 0 Å². The number of hydrogen-bond donors (Lipinski definition) is 0. The van der Waals surface area contributed by atoms with Gasteiger partial charge in [0.05, 0.1) is 0 Å². The van der Waals surface area contributed by atoms with Crippen molar-refractivity contribution in [3.05, 3.63) is 0 Å². The van der Waals surface area contributed by atoms with Crippen molar-refractivity contribution in [3.8, 4) is 0 Å². The standard InChI is InChI=1S/C19H41N.BrH/c1-4-6-7-8-9-10-11-12-13-14-15-16-17-18-19-20(3)5-2;/h4-19H2,1-3H3;1H. The molecule has 0 saturated carbocycles. The van der Waals surface area contributed by atoms with Crippen molar-refractivity contribution >= 4 is 17.0 Å². The van der Waals surface area contributed by atoms with Gasteiger partial charge in [-0.25, -0.2) is 0 Å². The maximum atomic E-state index is 2.42. The molecule has 0 aliphatic rings. The normalized spacial score (nSPS) is 10.9. The van der Waals surface area contributed by atoms with Crippen molar-refractivity contribution in [2.24, 2.45) is 0 Å². The summed E-state index contributed by atoms with van der Waals surface area (Å²) in [5.74, 6) is 0. The smallest absolute Gasteiger partial charge is 0.00219 e. The topological polar surface area (TPSA) is 3.24 Å². The van der Waals surface area contributed by atoms with E-state index in [0.29, 0.717) is 0 Å². The van der Waals surface area contributed by atoms with Gasteiger partial charge in [0, 0.05) is 0 Å². The largest absolute Gasteiger partial charge is 0.307 e. The molecule has 0 fully saturated rings. The molecule has 0 aliphatic heterocycles. The van der Waals surface area contributed by atoms with E-state index in [0.717, 1.165) is 0 Å². The average molecular weight is 364 g/mol. The molecule has 0 unspecified atom stereocenters. The zero-order valence-corrected chi connectivity index (χ0v) is 16.9. The molecule has 0 rings (SSSR count). The fourth-order valence-corrected chi connectivity index (χ4v) is 2.73. The lowest BCUT2D eigenvalue weighted by Gasteiger charge is -2.12. The van der Waals surface area contributed by atoms with Gasteiger partial charge in [-0.2, -0.15) is 0 Å². The maximum absolute atomic E-state index is 2.42. The van der Waals surface area contributed by atoms with E-state index in [2.05, 4.69) is 25.8 Å². The first-order valence-corrected chi connectivity index (χ1v) is 9.49. The molecule has 0 radical (unpaired) electrons. The van der Waals surface area contributed by atoms with Crippen molar-refractivity contribution in [1.29, 1.82) is 0 Å². The lowest BCUT2D eigenvalue weighted by molar-refractivity contribution is 0.340. The summed E-state index contributed by atoms with van der Waals surface area (Å²) >= 11 is 0. The Bertz CT molecular complexity index is 173. The lowest BCUT2D eigenvalue weighted by atomic mass is 10.0. The number of hydrogen-bond acceptors (Lipinski definition) is 1. The molecule has 0 heterocycles. The molecule has 0 bridgehead atoms. The van der Waals surface area contributed by atoms with Gasteiger partial charge in [0.25, 0.3) is 0 Å². The zero-order valence-electron chi connectivity index (χ0n) is 15.2. The van der Waals surface area contributed by atoms with E-state index in [4.69, 9.17) is 0 Å². The predicted octanol–water partition coefficient (Wildman–Crippen LogP) is 7.00. The lowest BCUT2D eigenvalue weighted by Crippen LogP contribution is -2.18. The van der Waals surface area contributed by atoms with E-state index in [1.54, 1.807) is 0 Å². The molecule has 0 spiro atoms. The molecule has 0 aromatic heterocycles. The van der Waals surface area contributed by atoms with Crippen LogP contribution in [0.5, 0.6) is 0 Å². The third-order valence-electron chi connectivity index (χ3n) is 4.43. The van der Waals surface area contributed by atoms with Gasteiger partial charge in [-0.15, -0.1) is 17.0 Å². The Labute approximate surface area is 146 Å². The first-order chi connectivity index (χ1) is 9.81. The Morgan fingerprint density at radius 2 is 0.857 bits per heavy atom. The Kier molecular flexibility index (Phi) is 23.1. The molecule has 0 amide bonds. The second-order valence-corrected chi connectivity index (χ2v) is 6.49. The van der Waals surface area contributed by atoms with Crippen LogP contribution in [0.4, 0.5) is 0 Å². The molecule has 0 atom stereocenters. The summed E-state index contributed by atoms with van der Waals surface area (Å²) in [7, 11) is 2.22. The summed E-state index contributed by atoms with van der Waals surface area (Å²) in [5.41, 5.74) is 0. The Hall–Kier alpha value is 0.440. The Morgan fingerprint density at radius 3 is 1.19 bits per heavy atom. The molecular formula is C19H42BrN. The van der Waals surface area contributed by atoms with Gasteiger partial charge in [-0.1, -0.05) is 97.3 Å². The number of rotatable bonds is 16. The fraction of sp³-hybridized carbons (Fsp3) is 1.00. The maximum Gasteiger partial charge on any atom is -0.00219 e. The summed E-state index contributed by atoms with van der Waals surface area (Å²) in [5, 5.41) is 0. The van der Waals surface area contributed by atoms with Gasteiger partial charge in [-0.05, 0) is 26.6 Å². The zero-order chi connectivity index (χ0) is 14.9. The van der Waals surface area contributed by atoms with Crippen molar-refractivity contribution in [2.75, 3.05) is 20.1 Å². The van der Waals surface area contributed by atoms with Crippen LogP contribution in [0.25, 0.3) is 0 Å². The minimum absolute atomic E-state index is 0. The van der Waals surface area contributed by atoms with E-state index >= 15 is 0 Å². The molecule has 0 N–H and O–H groups in total. The van der Waals surface area contributed by atoms with E-state index in [1.165, 1.54) is 103 Å². The molecular weight excluding hydrogens is 322 g/mol. The van der Waals surface area contributed by atoms with E-state index < -0.39 is 0 Å². The molecule has 0 saturated heterocycles. The first kappa shape index (κ1) is 23.7. The van der Waals surface area contributed by atoms with E-state index in [-0.39, 0.29) is 17.0 Å². The summed E-state index contributed by atoms with van der Waals surface area (Å²) in [6.07, 6.45) is 20.3. The highest BCUT2D eigenvalue weighted by Gasteiger charge is 1.95. The number of unbranched alkanes of at least 4 members (excludes halogenated alkanes) is 13. The van der Waals surface area contributed by atoms with Gasteiger partial charge in [0.15, 0.2) is 0 Å². The molecule has 0 aromatic carbocycles. The molecule has 130 valence electrons. The number of nitrogens with zero attached hydrogens (tertiary/aromatic N) is 1. The highest BCUT2D eigenvalue weighted by molar-refractivity contribution is 8.93. The third kappa shape index (κ3) is 20.4. The predicted molar refractivity (Wildman–Crippen MR) is 104 cm³/mol.